The van der Waals surface area contributed by atoms with Crippen molar-refractivity contribution in [2.75, 3.05) is 12.4 Å². The van der Waals surface area contributed by atoms with Gasteiger partial charge in [0.05, 0.1) is 17.6 Å². The zero-order chi connectivity index (χ0) is 15.2. The average Bonchev–Trinajstić information content (AvgIpc) is 2.87. The van der Waals surface area contributed by atoms with Gasteiger partial charge in [0, 0.05) is 17.3 Å². The third-order valence-corrected chi connectivity index (χ3v) is 4.54. The van der Waals surface area contributed by atoms with Gasteiger partial charge in [0.25, 0.3) is 0 Å². The fraction of sp³-hybridized carbons (Fsp3) is 0.385. The minimum Gasteiger partial charge on any atom is -0.492 e. The Morgan fingerprint density at radius 1 is 1.43 bits per heavy atom. The first kappa shape index (κ1) is 16.6. The summed E-state index contributed by atoms with van der Waals surface area (Å²) in [5.41, 5.74) is 5.63. The number of thioether (sulfide) groups is 1. The van der Waals surface area contributed by atoms with Crippen LogP contribution in [0.1, 0.15) is 12.7 Å². The SMILES string of the molecule is CCn1c(CN)nnc1SCCOc1ccc(Cl)cc1Br. The van der Waals surface area contributed by atoms with E-state index in [1.807, 2.05) is 23.6 Å². The Kier molecular flexibility index (Phi) is 6.35. The molecule has 0 radical (unpaired) electrons. The molecule has 2 N–H and O–H groups in total. The van der Waals surface area contributed by atoms with Crippen LogP contribution in [0.2, 0.25) is 5.02 Å². The second kappa shape index (κ2) is 8.03. The van der Waals surface area contributed by atoms with Crippen LogP contribution >= 0.6 is 39.3 Å². The summed E-state index contributed by atoms with van der Waals surface area (Å²) in [4.78, 5) is 0. The number of aromatic nitrogens is 3. The highest BCUT2D eigenvalue weighted by Gasteiger charge is 2.09. The van der Waals surface area contributed by atoms with Gasteiger partial charge in [-0.3, -0.25) is 0 Å². The standard InChI is InChI=1S/C13H16BrClN4OS/c1-2-19-12(8-16)17-18-13(19)21-6-5-20-11-4-3-9(15)7-10(11)14/h3-4,7H,2,5-6,8,16H2,1H3. The number of rotatable bonds is 7. The Hall–Kier alpha value is -0.760. The molecule has 5 nitrogen and oxygen atoms in total. The van der Waals surface area contributed by atoms with Crippen LogP contribution < -0.4 is 10.5 Å². The topological polar surface area (TPSA) is 66.0 Å². The van der Waals surface area contributed by atoms with Gasteiger partial charge < -0.3 is 15.0 Å². The van der Waals surface area contributed by atoms with E-state index in [2.05, 4.69) is 26.1 Å². The number of nitrogens with two attached hydrogens (primary N) is 1. The van der Waals surface area contributed by atoms with E-state index in [-0.39, 0.29) is 0 Å². The molecular formula is C13H16BrClN4OS. The van der Waals surface area contributed by atoms with Gasteiger partial charge in [-0.25, -0.2) is 0 Å². The quantitative estimate of drug-likeness (QED) is 0.579. The zero-order valence-electron chi connectivity index (χ0n) is 11.6. The lowest BCUT2D eigenvalue weighted by Gasteiger charge is -2.09. The van der Waals surface area contributed by atoms with Gasteiger partial charge in [-0.2, -0.15) is 0 Å². The van der Waals surface area contributed by atoms with Crippen molar-refractivity contribution in [3.05, 3.63) is 33.5 Å². The van der Waals surface area contributed by atoms with E-state index in [0.29, 0.717) is 18.2 Å². The van der Waals surface area contributed by atoms with Crippen molar-refractivity contribution in [3.63, 3.8) is 0 Å². The molecule has 0 saturated heterocycles. The van der Waals surface area contributed by atoms with Gasteiger partial charge in [0.2, 0.25) is 0 Å². The summed E-state index contributed by atoms with van der Waals surface area (Å²) < 4.78 is 8.58. The van der Waals surface area contributed by atoms with Crippen LogP contribution in [0.25, 0.3) is 0 Å². The number of hydrogen-bond acceptors (Lipinski definition) is 5. The summed E-state index contributed by atoms with van der Waals surface area (Å²) in [6, 6.07) is 5.46. The lowest BCUT2D eigenvalue weighted by atomic mass is 10.3. The number of nitrogens with zero attached hydrogens (tertiary/aromatic N) is 3. The van der Waals surface area contributed by atoms with E-state index in [9.17, 15) is 0 Å². The second-order valence-corrected chi connectivity index (χ2v) is 6.47. The van der Waals surface area contributed by atoms with Crippen molar-refractivity contribution < 1.29 is 4.74 Å². The predicted octanol–water partition coefficient (Wildman–Crippen LogP) is 3.34. The number of ether oxygens (including phenoxy) is 1. The smallest absolute Gasteiger partial charge is 0.191 e. The third-order valence-electron chi connectivity index (χ3n) is 2.76. The molecule has 0 amide bonds. The molecule has 0 aliphatic heterocycles. The molecular weight excluding hydrogens is 376 g/mol. The number of halogens is 2. The van der Waals surface area contributed by atoms with E-state index in [0.717, 1.165) is 33.5 Å². The minimum absolute atomic E-state index is 0.398. The van der Waals surface area contributed by atoms with Crippen molar-refractivity contribution in [3.8, 4) is 5.75 Å². The first-order chi connectivity index (χ1) is 10.2. The highest BCUT2D eigenvalue weighted by Crippen LogP contribution is 2.28. The molecule has 0 atom stereocenters. The van der Waals surface area contributed by atoms with Crippen LogP contribution in [0, 0.1) is 0 Å². The summed E-state index contributed by atoms with van der Waals surface area (Å²) in [6.07, 6.45) is 0. The van der Waals surface area contributed by atoms with Crippen molar-refractivity contribution in [1.82, 2.24) is 14.8 Å². The molecule has 114 valence electrons. The molecule has 21 heavy (non-hydrogen) atoms. The molecule has 1 aromatic heterocycles. The molecule has 2 aromatic rings. The Morgan fingerprint density at radius 2 is 2.24 bits per heavy atom. The average molecular weight is 392 g/mol. The summed E-state index contributed by atoms with van der Waals surface area (Å²) in [6.45, 7) is 3.83. The van der Waals surface area contributed by atoms with Crippen LogP contribution in [-0.4, -0.2) is 27.1 Å². The predicted molar refractivity (Wildman–Crippen MR) is 89.0 cm³/mol. The maximum absolute atomic E-state index is 5.89. The van der Waals surface area contributed by atoms with Crippen LogP contribution in [0.4, 0.5) is 0 Å². The largest absolute Gasteiger partial charge is 0.492 e. The van der Waals surface area contributed by atoms with Crippen molar-refractivity contribution in [2.24, 2.45) is 5.73 Å². The van der Waals surface area contributed by atoms with E-state index in [1.165, 1.54) is 0 Å². The summed E-state index contributed by atoms with van der Waals surface area (Å²) >= 11 is 10.9. The second-order valence-electron chi connectivity index (χ2n) is 4.12. The van der Waals surface area contributed by atoms with Crippen LogP contribution in [0.15, 0.2) is 27.8 Å². The Morgan fingerprint density at radius 3 is 2.90 bits per heavy atom. The molecule has 0 unspecified atom stereocenters. The number of hydrogen-bond donors (Lipinski definition) is 1. The molecule has 0 aliphatic carbocycles. The highest BCUT2D eigenvalue weighted by molar-refractivity contribution is 9.10. The normalized spacial score (nSPS) is 10.9. The van der Waals surface area contributed by atoms with E-state index >= 15 is 0 Å². The van der Waals surface area contributed by atoms with E-state index < -0.39 is 0 Å². The molecule has 0 bridgehead atoms. The highest BCUT2D eigenvalue weighted by atomic mass is 79.9. The molecule has 0 spiro atoms. The zero-order valence-corrected chi connectivity index (χ0v) is 14.7. The van der Waals surface area contributed by atoms with Crippen LogP contribution in [0.3, 0.4) is 0 Å². The monoisotopic (exact) mass is 390 g/mol. The lowest BCUT2D eigenvalue weighted by Crippen LogP contribution is -2.08. The molecule has 1 aromatic carbocycles. The van der Waals surface area contributed by atoms with Gasteiger partial charge in [0.15, 0.2) is 5.16 Å². The molecule has 0 aliphatic rings. The summed E-state index contributed by atoms with van der Waals surface area (Å²) in [5, 5.41) is 9.76. The Balaban J connectivity index is 1.86. The summed E-state index contributed by atoms with van der Waals surface area (Å²) in [7, 11) is 0. The molecule has 0 fully saturated rings. The van der Waals surface area contributed by atoms with E-state index in [1.54, 1.807) is 17.8 Å². The minimum atomic E-state index is 0.398. The van der Waals surface area contributed by atoms with E-state index in [4.69, 9.17) is 22.1 Å². The number of benzene rings is 1. The Bertz CT molecular complexity index is 608. The van der Waals surface area contributed by atoms with Gasteiger partial charge in [-0.15, -0.1) is 10.2 Å². The fourth-order valence-corrected chi connectivity index (χ4v) is 3.41. The van der Waals surface area contributed by atoms with Gasteiger partial charge in [-0.05, 0) is 41.1 Å². The molecule has 1 heterocycles. The third kappa shape index (κ3) is 4.35. The van der Waals surface area contributed by atoms with Crippen molar-refractivity contribution in [1.29, 1.82) is 0 Å². The fourth-order valence-electron chi connectivity index (χ4n) is 1.77. The summed E-state index contributed by atoms with van der Waals surface area (Å²) in [5.74, 6) is 2.36. The van der Waals surface area contributed by atoms with Crippen LogP contribution in [-0.2, 0) is 13.1 Å². The van der Waals surface area contributed by atoms with Crippen molar-refractivity contribution in [2.45, 2.75) is 25.2 Å². The Labute approximate surface area is 141 Å². The van der Waals surface area contributed by atoms with Crippen LogP contribution in [0.5, 0.6) is 5.75 Å². The van der Waals surface area contributed by atoms with Gasteiger partial charge in [-0.1, -0.05) is 23.4 Å². The lowest BCUT2D eigenvalue weighted by molar-refractivity contribution is 0.341. The molecule has 0 saturated carbocycles. The molecule has 8 heteroatoms. The maximum Gasteiger partial charge on any atom is 0.191 e. The molecule has 2 rings (SSSR count). The van der Waals surface area contributed by atoms with Gasteiger partial charge in [0.1, 0.15) is 11.6 Å². The van der Waals surface area contributed by atoms with Crippen molar-refractivity contribution >= 4 is 39.3 Å². The van der Waals surface area contributed by atoms with Gasteiger partial charge >= 0.3 is 0 Å². The first-order valence-electron chi connectivity index (χ1n) is 6.48. The first-order valence-corrected chi connectivity index (χ1v) is 8.64. The maximum atomic E-state index is 5.89.